The molecule has 0 radical (unpaired) electrons. The van der Waals surface area contributed by atoms with Crippen LogP contribution < -0.4 is 5.32 Å². The number of nitro benzene ring substituents is 1. The number of hydrogen-bond acceptors (Lipinski definition) is 6. The first-order valence-electron chi connectivity index (χ1n) is 6.18. The molecule has 1 aliphatic rings. The second-order valence-electron chi connectivity index (χ2n) is 4.41. The van der Waals surface area contributed by atoms with E-state index in [1.54, 1.807) is 0 Å². The van der Waals surface area contributed by atoms with Crippen LogP contribution in [-0.4, -0.2) is 53.5 Å². The van der Waals surface area contributed by atoms with Gasteiger partial charge in [-0.3, -0.25) is 14.3 Å². The van der Waals surface area contributed by atoms with Gasteiger partial charge < -0.3 is 5.32 Å². The third-order valence-electron chi connectivity index (χ3n) is 3.21. The largest absolute Gasteiger partial charge is 0.383 e. The Morgan fingerprint density at radius 2 is 1.95 bits per heavy atom. The average Bonchev–Trinajstić information content (AvgIpc) is 2.46. The first-order chi connectivity index (χ1) is 9.87. The fourth-order valence-electron chi connectivity index (χ4n) is 2.12. The van der Waals surface area contributed by atoms with E-state index in [9.17, 15) is 22.7 Å². The number of nitrogens with zero attached hydrogens (tertiary/aromatic N) is 2. The van der Waals surface area contributed by atoms with Crippen LogP contribution in [0.15, 0.2) is 23.1 Å². The zero-order chi connectivity index (χ0) is 15.6. The van der Waals surface area contributed by atoms with Crippen LogP contribution in [0.3, 0.4) is 0 Å². The molecular weight excluding hydrogens is 318 g/mol. The third-order valence-corrected chi connectivity index (χ3v) is 6.41. The summed E-state index contributed by atoms with van der Waals surface area (Å²) < 4.78 is 37.6. The Labute approximate surface area is 124 Å². The summed E-state index contributed by atoms with van der Waals surface area (Å²) in [6.45, 7) is 0.214. The molecule has 10 heteroatoms. The SMILES string of the molecule is CNc1cccc(S(=O)(=O)N2CCS(=O)CC2)c1[N+](=O)[O-]. The van der Waals surface area contributed by atoms with Crippen molar-refractivity contribution in [3.8, 4) is 0 Å². The van der Waals surface area contributed by atoms with Gasteiger partial charge in [-0.25, -0.2) is 8.42 Å². The van der Waals surface area contributed by atoms with E-state index in [2.05, 4.69) is 5.32 Å². The van der Waals surface area contributed by atoms with Crippen molar-refractivity contribution in [2.24, 2.45) is 0 Å². The van der Waals surface area contributed by atoms with Crippen molar-refractivity contribution >= 4 is 32.2 Å². The number of nitrogens with one attached hydrogen (secondary N) is 1. The maximum absolute atomic E-state index is 12.6. The van der Waals surface area contributed by atoms with Crippen molar-refractivity contribution in [3.63, 3.8) is 0 Å². The molecule has 116 valence electrons. The van der Waals surface area contributed by atoms with Crippen LogP contribution in [0.4, 0.5) is 11.4 Å². The summed E-state index contributed by atoms with van der Waals surface area (Å²) in [5, 5.41) is 13.8. The Bertz CT molecular complexity index is 679. The van der Waals surface area contributed by atoms with Crippen LogP contribution in [0.25, 0.3) is 0 Å². The lowest BCUT2D eigenvalue weighted by Gasteiger charge is -2.25. The Balaban J connectivity index is 2.50. The molecule has 8 nitrogen and oxygen atoms in total. The van der Waals surface area contributed by atoms with Gasteiger partial charge in [0.25, 0.3) is 0 Å². The highest BCUT2D eigenvalue weighted by atomic mass is 32.2. The van der Waals surface area contributed by atoms with Gasteiger partial charge in [0.05, 0.1) is 4.92 Å². The summed E-state index contributed by atoms with van der Waals surface area (Å²) in [4.78, 5) is 10.2. The van der Waals surface area contributed by atoms with Crippen LogP contribution in [0.5, 0.6) is 0 Å². The molecule has 0 aromatic heterocycles. The van der Waals surface area contributed by atoms with Crippen molar-refractivity contribution < 1.29 is 17.6 Å². The van der Waals surface area contributed by atoms with Crippen molar-refractivity contribution in [1.29, 1.82) is 0 Å². The normalized spacial score (nSPS) is 17.6. The number of nitro groups is 1. The minimum Gasteiger partial charge on any atom is -0.383 e. The highest BCUT2D eigenvalue weighted by Crippen LogP contribution is 2.33. The predicted molar refractivity (Wildman–Crippen MR) is 79.3 cm³/mol. The number of hydrogen-bond donors (Lipinski definition) is 1. The molecule has 0 amide bonds. The fraction of sp³-hybridized carbons (Fsp3) is 0.455. The van der Waals surface area contributed by atoms with E-state index in [0.29, 0.717) is 0 Å². The topological polar surface area (TPSA) is 110 Å². The molecule has 1 N–H and O–H groups in total. The molecule has 0 bridgehead atoms. The van der Waals surface area contributed by atoms with Crippen LogP contribution in [0.2, 0.25) is 0 Å². The van der Waals surface area contributed by atoms with Gasteiger partial charge in [0.1, 0.15) is 5.69 Å². The average molecular weight is 333 g/mol. The molecule has 2 rings (SSSR count). The lowest BCUT2D eigenvalue weighted by atomic mass is 10.3. The Morgan fingerprint density at radius 1 is 1.33 bits per heavy atom. The first kappa shape index (κ1) is 15.9. The highest BCUT2D eigenvalue weighted by molar-refractivity contribution is 7.89. The van der Waals surface area contributed by atoms with E-state index < -0.39 is 31.4 Å². The van der Waals surface area contributed by atoms with Gasteiger partial charge in [-0.05, 0) is 12.1 Å². The van der Waals surface area contributed by atoms with E-state index in [0.717, 1.165) is 4.31 Å². The van der Waals surface area contributed by atoms with Gasteiger partial charge in [0, 0.05) is 42.4 Å². The van der Waals surface area contributed by atoms with Gasteiger partial charge >= 0.3 is 5.69 Å². The lowest BCUT2D eigenvalue weighted by Crippen LogP contribution is -2.41. The number of para-hydroxylation sites is 1. The Morgan fingerprint density at radius 3 is 2.48 bits per heavy atom. The molecule has 1 aromatic rings. The summed E-state index contributed by atoms with van der Waals surface area (Å²) in [6.07, 6.45) is 0. The van der Waals surface area contributed by atoms with E-state index in [1.165, 1.54) is 25.2 Å². The van der Waals surface area contributed by atoms with E-state index in [4.69, 9.17) is 0 Å². The van der Waals surface area contributed by atoms with Crippen molar-refractivity contribution in [3.05, 3.63) is 28.3 Å². The van der Waals surface area contributed by atoms with Crippen molar-refractivity contribution in [1.82, 2.24) is 4.31 Å². The monoisotopic (exact) mass is 333 g/mol. The number of sulfonamides is 1. The molecular formula is C11H15N3O5S2. The quantitative estimate of drug-likeness (QED) is 0.630. The van der Waals surface area contributed by atoms with Crippen LogP contribution >= 0.6 is 0 Å². The highest BCUT2D eigenvalue weighted by Gasteiger charge is 2.35. The fourth-order valence-corrected chi connectivity index (χ4v) is 5.03. The number of rotatable bonds is 4. The molecule has 1 saturated heterocycles. The second kappa shape index (κ2) is 6.08. The maximum atomic E-state index is 12.6. The number of anilines is 1. The van der Waals surface area contributed by atoms with Gasteiger partial charge in [-0.1, -0.05) is 6.07 Å². The zero-order valence-corrected chi connectivity index (χ0v) is 12.9. The number of benzene rings is 1. The summed E-state index contributed by atoms with van der Waals surface area (Å²) in [5.74, 6) is 0.498. The smallest absolute Gasteiger partial charge is 0.312 e. The summed E-state index contributed by atoms with van der Waals surface area (Å²) in [7, 11) is -3.51. The van der Waals surface area contributed by atoms with E-state index >= 15 is 0 Å². The first-order valence-corrected chi connectivity index (χ1v) is 9.11. The zero-order valence-electron chi connectivity index (χ0n) is 11.3. The summed E-state index contributed by atoms with van der Waals surface area (Å²) in [6, 6.07) is 4.12. The second-order valence-corrected chi connectivity index (χ2v) is 8.01. The molecule has 0 atom stereocenters. The Hall–Kier alpha value is -1.52. The molecule has 1 fully saturated rings. The van der Waals surface area contributed by atoms with Crippen molar-refractivity contribution in [2.45, 2.75) is 4.90 Å². The third kappa shape index (κ3) is 3.06. The van der Waals surface area contributed by atoms with Crippen molar-refractivity contribution in [2.75, 3.05) is 37.0 Å². The molecule has 1 aliphatic heterocycles. The molecule has 0 aliphatic carbocycles. The summed E-state index contributed by atoms with van der Waals surface area (Å²) >= 11 is 0. The Kier molecular flexibility index (Phi) is 4.59. The molecule has 0 unspecified atom stereocenters. The van der Waals surface area contributed by atoms with E-state index in [-0.39, 0.29) is 35.2 Å². The minimum absolute atomic E-state index is 0.107. The van der Waals surface area contributed by atoms with Crippen LogP contribution in [0.1, 0.15) is 0 Å². The predicted octanol–water partition coefficient (Wildman–Crippen LogP) is 0.389. The lowest BCUT2D eigenvalue weighted by molar-refractivity contribution is -0.386. The van der Waals surface area contributed by atoms with Crippen LogP contribution in [0, 0.1) is 10.1 Å². The molecule has 1 heterocycles. The van der Waals surface area contributed by atoms with Gasteiger partial charge in [-0.15, -0.1) is 0 Å². The van der Waals surface area contributed by atoms with Gasteiger partial charge in [0.2, 0.25) is 10.0 Å². The molecule has 0 spiro atoms. The standard InChI is InChI=1S/C11H15N3O5S2/c1-12-9-3-2-4-10(11(9)14(15)16)21(18,19)13-5-7-20(17)8-6-13/h2-4,12H,5-8H2,1H3. The maximum Gasteiger partial charge on any atom is 0.312 e. The van der Waals surface area contributed by atoms with Crippen LogP contribution in [-0.2, 0) is 20.8 Å². The van der Waals surface area contributed by atoms with Gasteiger partial charge in [-0.2, -0.15) is 4.31 Å². The molecule has 1 aromatic carbocycles. The minimum atomic E-state index is -3.98. The molecule has 0 saturated carbocycles. The molecule has 21 heavy (non-hydrogen) atoms. The summed E-state index contributed by atoms with van der Waals surface area (Å²) in [5.41, 5.74) is -0.326. The van der Waals surface area contributed by atoms with Gasteiger partial charge in [0.15, 0.2) is 4.90 Å². The van der Waals surface area contributed by atoms with E-state index in [1.807, 2.05) is 0 Å².